The number of rotatable bonds is 7. The zero-order chi connectivity index (χ0) is 11.1. The van der Waals surface area contributed by atoms with E-state index in [0.29, 0.717) is 5.92 Å². The Morgan fingerprint density at radius 3 is 1.93 bits per heavy atom. The molecule has 0 aromatic heterocycles. The minimum Gasteiger partial charge on any atom is -0.0651 e. The molecule has 0 saturated heterocycles. The molecule has 0 rings (SSSR count). The Morgan fingerprint density at radius 2 is 1.50 bits per heavy atom. The fraction of sp³-hybridized carbons (Fsp3) is 0.929. The third kappa shape index (κ3) is 6.45. The van der Waals surface area contributed by atoms with Gasteiger partial charge in [-0.25, -0.2) is 0 Å². The fourth-order valence-electron chi connectivity index (χ4n) is 2.04. The van der Waals surface area contributed by atoms with Gasteiger partial charge in [0.15, 0.2) is 0 Å². The number of hydrogen-bond donors (Lipinski definition) is 0. The third-order valence-electron chi connectivity index (χ3n) is 3.53. The van der Waals surface area contributed by atoms with Crippen LogP contribution in [0.3, 0.4) is 0 Å². The van der Waals surface area contributed by atoms with Gasteiger partial charge >= 0.3 is 0 Å². The molecular formula is C14H29. The molecule has 0 aromatic carbocycles. The Labute approximate surface area is 91.5 Å². The highest BCUT2D eigenvalue weighted by Crippen LogP contribution is 2.24. The zero-order valence-corrected chi connectivity index (χ0v) is 10.8. The minimum atomic E-state index is 0.615. The fourth-order valence-corrected chi connectivity index (χ4v) is 2.04. The van der Waals surface area contributed by atoms with Gasteiger partial charge in [0.25, 0.3) is 0 Å². The molecule has 0 fully saturated rings. The highest BCUT2D eigenvalue weighted by molar-refractivity contribution is 4.65. The molecule has 0 heterocycles. The van der Waals surface area contributed by atoms with Gasteiger partial charge in [-0.3, -0.25) is 0 Å². The summed E-state index contributed by atoms with van der Waals surface area (Å²) < 4.78 is 0. The molecule has 0 saturated carbocycles. The van der Waals surface area contributed by atoms with Gasteiger partial charge in [0, 0.05) is 0 Å². The largest absolute Gasteiger partial charge is 0.0651 e. The molecule has 4 unspecified atom stereocenters. The summed E-state index contributed by atoms with van der Waals surface area (Å²) in [5.74, 6) is 3.25. The van der Waals surface area contributed by atoms with Gasteiger partial charge in [0.1, 0.15) is 0 Å². The molecule has 0 N–H and O–H groups in total. The lowest BCUT2D eigenvalue weighted by Crippen LogP contribution is -2.09. The van der Waals surface area contributed by atoms with Crippen LogP contribution in [0.25, 0.3) is 0 Å². The van der Waals surface area contributed by atoms with Crippen LogP contribution >= 0.6 is 0 Å². The molecule has 0 spiro atoms. The molecule has 0 nitrogen and oxygen atoms in total. The molecule has 0 heteroatoms. The van der Waals surface area contributed by atoms with Crippen LogP contribution in [0, 0.1) is 30.6 Å². The first-order valence-corrected chi connectivity index (χ1v) is 6.30. The van der Waals surface area contributed by atoms with Gasteiger partial charge in [0.2, 0.25) is 0 Å². The Morgan fingerprint density at radius 1 is 0.929 bits per heavy atom. The molecular weight excluding hydrogens is 168 g/mol. The van der Waals surface area contributed by atoms with Gasteiger partial charge in [-0.2, -0.15) is 0 Å². The van der Waals surface area contributed by atoms with Crippen LogP contribution in [0.5, 0.6) is 0 Å². The molecule has 14 heavy (non-hydrogen) atoms. The first-order valence-electron chi connectivity index (χ1n) is 6.30. The first-order chi connectivity index (χ1) is 6.47. The van der Waals surface area contributed by atoms with Crippen LogP contribution < -0.4 is 0 Å². The molecule has 1 radical (unpaired) electrons. The third-order valence-corrected chi connectivity index (χ3v) is 3.53. The van der Waals surface area contributed by atoms with Crippen molar-refractivity contribution in [3.05, 3.63) is 6.92 Å². The second-order valence-electron chi connectivity index (χ2n) is 5.39. The highest BCUT2D eigenvalue weighted by Gasteiger charge is 2.12. The Hall–Kier alpha value is 0. The summed E-state index contributed by atoms with van der Waals surface area (Å²) in [6.07, 6.45) is 5.38. The van der Waals surface area contributed by atoms with Crippen molar-refractivity contribution in [2.24, 2.45) is 23.7 Å². The van der Waals surface area contributed by atoms with Gasteiger partial charge in [0.05, 0.1) is 0 Å². The highest BCUT2D eigenvalue weighted by atomic mass is 14.2. The van der Waals surface area contributed by atoms with E-state index in [1.165, 1.54) is 25.7 Å². The Bertz CT molecular complexity index is 126. The van der Waals surface area contributed by atoms with E-state index in [2.05, 4.69) is 41.5 Å². The summed E-state index contributed by atoms with van der Waals surface area (Å²) in [5.41, 5.74) is 0. The Balaban J connectivity index is 3.60. The quantitative estimate of drug-likeness (QED) is 0.542. The monoisotopic (exact) mass is 197 g/mol. The van der Waals surface area contributed by atoms with Gasteiger partial charge in [-0.05, 0) is 30.1 Å². The van der Waals surface area contributed by atoms with Gasteiger partial charge in [-0.1, -0.05) is 60.8 Å². The van der Waals surface area contributed by atoms with Crippen molar-refractivity contribution in [3.63, 3.8) is 0 Å². The van der Waals surface area contributed by atoms with Crippen molar-refractivity contribution in [2.45, 2.75) is 60.3 Å². The van der Waals surface area contributed by atoms with E-state index < -0.39 is 0 Å². The SMILES string of the molecule is [CH2]C(C)CC(C)CCC(C)C(C)CC. The van der Waals surface area contributed by atoms with E-state index >= 15 is 0 Å². The Kier molecular flexibility index (Phi) is 7.31. The molecule has 0 amide bonds. The molecule has 0 bridgehead atoms. The number of hydrogen-bond acceptors (Lipinski definition) is 0. The molecule has 0 aliphatic rings. The van der Waals surface area contributed by atoms with Crippen molar-refractivity contribution in [1.29, 1.82) is 0 Å². The molecule has 0 aliphatic carbocycles. The summed E-state index contributed by atoms with van der Waals surface area (Å²) in [4.78, 5) is 0. The van der Waals surface area contributed by atoms with E-state index in [1.54, 1.807) is 0 Å². The molecule has 4 atom stereocenters. The van der Waals surface area contributed by atoms with Gasteiger partial charge in [-0.15, -0.1) is 0 Å². The van der Waals surface area contributed by atoms with Crippen molar-refractivity contribution in [2.75, 3.05) is 0 Å². The van der Waals surface area contributed by atoms with Crippen LogP contribution in [-0.4, -0.2) is 0 Å². The maximum absolute atomic E-state index is 4.06. The average molecular weight is 197 g/mol. The summed E-state index contributed by atoms with van der Waals surface area (Å²) in [5, 5.41) is 0. The predicted molar refractivity (Wildman–Crippen MR) is 66.2 cm³/mol. The standard InChI is InChI=1S/C14H29/c1-7-13(5)14(6)9-8-12(4)10-11(2)3/h11-14H,2,7-10H2,1,3-6H3. The molecule has 0 aliphatic heterocycles. The van der Waals surface area contributed by atoms with Crippen LogP contribution in [-0.2, 0) is 0 Å². The van der Waals surface area contributed by atoms with E-state index in [9.17, 15) is 0 Å². The van der Waals surface area contributed by atoms with Crippen LogP contribution in [0.1, 0.15) is 60.3 Å². The minimum absolute atomic E-state index is 0.615. The normalized spacial score (nSPS) is 18.2. The summed E-state index contributed by atoms with van der Waals surface area (Å²) in [6, 6.07) is 0. The lowest BCUT2D eigenvalue weighted by atomic mass is 9.85. The first kappa shape index (κ1) is 14.0. The molecule has 85 valence electrons. The van der Waals surface area contributed by atoms with Crippen molar-refractivity contribution in [1.82, 2.24) is 0 Å². The second-order valence-corrected chi connectivity index (χ2v) is 5.39. The second kappa shape index (κ2) is 7.31. The smallest absolute Gasteiger partial charge is 0.0417 e. The van der Waals surface area contributed by atoms with E-state index in [-0.39, 0.29) is 0 Å². The summed E-state index contributed by atoms with van der Waals surface area (Å²) in [6.45, 7) is 15.7. The maximum Gasteiger partial charge on any atom is -0.0417 e. The van der Waals surface area contributed by atoms with Crippen LogP contribution in [0.4, 0.5) is 0 Å². The lowest BCUT2D eigenvalue weighted by Gasteiger charge is -2.21. The van der Waals surface area contributed by atoms with Crippen LogP contribution in [0.15, 0.2) is 0 Å². The van der Waals surface area contributed by atoms with Crippen molar-refractivity contribution < 1.29 is 0 Å². The van der Waals surface area contributed by atoms with Crippen molar-refractivity contribution in [3.8, 4) is 0 Å². The lowest BCUT2D eigenvalue weighted by molar-refractivity contribution is 0.311. The van der Waals surface area contributed by atoms with E-state index in [1.807, 2.05) is 0 Å². The summed E-state index contributed by atoms with van der Waals surface area (Å²) >= 11 is 0. The summed E-state index contributed by atoms with van der Waals surface area (Å²) in [7, 11) is 0. The van der Waals surface area contributed by atoms with Crippen LogP contribution in [0.2, 0.25) is 0 Å². The molecule has 0 aromatic rings. The topological polar surface area (TPSA) is 0 Å². The van der Waals surface area contributed by atoms with Crippen molar-refractivity contribution >= 4 is 0 Å². The maximum atomic E-state index is 4.06. The zero-order valence-electron chi connectivity index (χ0n) is 10.8. The van der Waals surface area contributed by atoms with Gasteiger partial charge < -0.3 is 0 Å². The van der Waals surface area contributed by atoms with E-state index in [4.69, 9.17) is 0 Å². The average Bonchev–Trinajstić information content (AvgIpc) is 2.11. The predicted octanol–water partition coefficient (Wildman–Crippen LogP) is 4.95. The van der Waals surface area contributed by atoms with E-state index in [0.717, 1.165) is 17.8 Å².